The maximum atomic E-state index is 11.1. The molecular formula is C9H19NO2S2. The summed E-state index contributed by atoms with van der Waals surface area (Å²) in [6.07, 6.45) is 4.55. The van der Waals surface area contributed by atoms with E-state index < -0.39 is 6.09 Å². The van der Waals surface area contributed by atoms with Crippen molar-refractivity contribution in [2.24, 2.45) is 0 Å². The van der Waals surface area contributed by atoms with Crippen LogP contribution in [0.15, 0.2) is 0 Å². The van der Waals surface area contributed by atoms with Crippen molar-refractivity contribution in [3.8, 4) is 0 Å². The van der Waals surface area contributed by atoms with Crippen molar-refractivity contribution in [3.05, 3.63) is 0 Å². The number of nitrogens with zero attached hydrogens (tertiary/aromatic N) is 1. The molecule has 0 aliphatic rings. The average Bonchev–Trinajstić information content (AvgIpc) is 2.14. The minimum Gasteiger partial charge on any atom is -0.445 e. The molecule has 0 fully saturated rings. The quantitative estimate of drug-likeness (QED) is 0.693. The van der Waals surface area contributed by atoms with Crippen LogP contribution < -0.4 is 0 Å². The summed E-state index contributed by atoms with van der Waals surface area (Å²) >= 11 is 7.50. The van der Waals surface area contributed by atoms with Crippen molar-refractivity contribution in [1.29, 1.82) is 0 Å². The number of hydrogen-bond acceptors (Lipinski definition) is 4. The maximum Gasteiger partial charge on any atom is 0.430 e. The van der Waals surface area contributed by atoms with Crippen LogP contribution >= 0.6 is 25.6 Å². The number of unbranched alkanes of at least 4 members (excludes halogenated alkanes) is 1. The van der Waals surface area contributed by atoms with E-state index in [0.717, 1.165) is 35.8 Å². The van der Waals surface area contributed by atoms with Gasteiger partial charge in [0.15, 0.2) is 0 Å². The first-order valence-corrected chi connectivity index (χ1v) is 5.80. The van der Waals surface area contributed by atoms with Gasteiger partial charge in [-0.15, -0.1) is 0 Å². The van der Waals surface area contributed by atoms with Crippen LogP contribution in [0.3, 0.4) is 0 Å². The maximum absolute atomic E-state index is 11.1. The molecule has 5 heteroatoms. The van der Waals surface area contributed by atoms with E-state index in [1.807, 2.05) is 0 Å². The molecule has 0 aromatic heterocycles. The Hall–Kier alpha value is -0.0300. The lowest BCUT2D eigenvalue weighted by Gasteiger charge is -2.18. The molecule has 0 saturated heterocycles. The Bertz CT molecular complexity index is 165. The van der Waals surface area contributed by atoms with Gasteiger partial charge in [-0.05, 0) is 38.5 Å². The van der Waals surface area contributed by atoms with Gasteiger partial charge in [-0.25, -0.2) is 4.79 Å². The highest BCUT2D eigenvalue weighted by Crippen LogP contribution is 2.13. The zero-order valence-electron chi connectivity index (χ0n) is 8.77. The third-order valence-electron chi connectivity index (χ3n) is 1.92. The second-order valence-corrected chi connectivity index (χ2v) is 4.34. The molecule has 84 valence electrons. The SMILES string of the molecule is CCCCC(CCC)OC(=O)N(S)S. The van der Waals surface area contributed by atoms with Gasteiger partial charge in [0.25, 0.3) is 0 Å². The Balaban J connectivity index is 3.88. The fourth-order valence-corrected chi connectivity index (χ4v) is 1.30. The van der Waals surface area contributed by atoms with Crippen LogP contribution in [-0.2, 0) is 4.74 Å². The summed E-state index contributed by atoms with van der Waals surface area (Å²) in [5, 5.41) is 0. The van der Waals surface area contributed by atoms with Gasteiger partial charge < -0.3 is 4.74 Å². The fourth-order valence-electron chi connectivity index (χ4n) is 1.21. The number of carbonyl (C=O) groups is 1. The zero-order chi connectivity index (χ0) is 11.0. The Morgan fingerprint density at radius 2 is 1.93 bits per heavy atom. The minimum atomic E-state index is -0.494. The van der Waals surface area contributed by atoms with Gasteiger partial charge in [-0.2, -0.15) is 3.71 Å². The molecular weight excluding hydrogens is 218 g/mol. The van der Waals surface area contributed by atoms with Gasteiger partial charge in [0.05, 0.1) is 0 Å². The first kappa shape index (κ1) is 14.0. The molecule has 1 unspecified atom stereocenters. The van der Waals surface area contributed by atoms with E-state index in [-0.39, 0.29) is 6.10 Å². The highest BCUT2D eigenvalue weighted by Gasteiger charge is 2.15. The van der Waals surface area contributed by atoms with Gasteiger partial charge in [0, 0.05) is 0 Å². The van der Waals surface area contributed by atoms with Crippen molar-refractivity contribution in [2.75, 3.05) is 0 Å². The van der Waals surface area contributed by atoms with Gasteiger partial charge in [0.1, 0.15) is 6.10 Å². The molecule has 1 amide bonds. The number of hydrogen-bond donors (Lipinski definition) is 2. The van der Waals surface area contributed by atoms with E-state index in [1.54, 1.807) is 0 Å². The largest absolute Gasteiger partial charge is 0.445 e. The predicted molar refractivity (Wildman–Crippen MR) is 64.5 cm³/mol. The third kappa shape index (κ3) is 6.43. The molecule has 14 heavy (non-hydrogen) atoms. The number of ether oxygens (including phenoxy) is 1. The van der Waals surface area contributed by atoms with Crippen molar-refractivity contribution >= 4 is 31.7 Å². The van der Waals surface area contributed by atoms with Crippen LogP contribution in [0.1, 0.15) is 46.0 Å². The van der Waals surface area contributed by atoms with E-state index in [1.165, 1.54) is 0 Å². The molecule has 0 bridgehead atoms. The number of thiol groups is 2. The molecule has 0 aromatic rings. The molecule has 0 aliphatic heterocycles. The molecule has 0 N–H and O–H groups in total. The van der Waals surface area contributed by atoms with Crippen molar-refractivity contribution in [2.45, 2.75) is 52.1 Å². The molecule has 0 aliphatic carbocycles. The minimum absolute atomic E-state index is 0.00856. The second-order valence-electron chi connectivity index (χ2n) is 3.23. The smallest absolute Gasteiger partial charge is 0.430 e. The lowest BCUT2D eigenvalue weighted by Crippen LogP contribution is -2.22. The van der Waals surface area contributed by atoms with E-state index in [9.17, 15) is 4.79 Å². The lowest BCUT2D eigenvalue weighted by atomic mass is 10.1. The van der Waals surface area contributed by atoms with Gasteiger partial charge in [-0.3, -0.25) is 0 Å². The fraction of sp³-hybridized carbons (Fsp3) is 0.889. The van der Waals surface area contributed by atoms with Gasteiger partial charge in [0.2, 0.25) is 0 Å². The Labute approximate surface area is 97.3 Å². The monoisotopic (exact) mass is 237 g/mol. The van der Waals surface area contributed by atoms with Crippen molar-refractivity contribution in [1.82, 2.24) is 3.71 Å². The van der Waals surface area contributed by atoms with E-state index in [2.05, 4.69) is 39.5 Å². The summed E-state index contributed by atoms with van der Waals surface area (Å²) in [6, 6.07) is 0. The first-order valence-electron chi connectivity index (χ1n) is 5.00. The van der Waals surface area contributed by atoms with Crippen LogP contribution in [-0.4, -0.2) is 15.9 Å². The van der Waals surface area contributed by atoms with Crippen molar-refractivity contribution < 1.29 is 9.53 Å². The average molecular weight is 237 g/mol. The molecule has 1 atom stereocenters. The summed E-state index contributed by atoms with van der Waals surface area (Å²) in [6.45, 7) is 4.19. The van der Waals surface area contributed by atoms with Crippen molar-refractivity contribution in [3.63, 3.8) is 0 Å². The number of rotatable bonds is 6. The molecule has 0 spiro atoms. The number of carbonyl (C=O) groups excluding carboxylic acids is 1. The standard InChI is InChI=1S/C9H19NO2S2/c1-3-5-7-8(6-4-2)12-9(11)10(13)14/h8,13-14H,3-7H2,1-2H3. The van der Waals surface area contributed by atoms with Crippen LogP contribution in [0.2, 0.25) is 0 Å². The highest BCUT2D eigenvalue weighted by molar-refractivity contribution is 7.94. The summed E-state index contributed by atoms with van der Waals surface area (Å²) < 4.78 is 6.06. The predicted octanol–water partition coefficient (Wildman–Crippen LogP) is 3.47. The molecule has 0 radical (unpaired) electrons. The Kier molecular flexibility index (Phi) is 8.27. The second kappa shape index (κ2) is 8.29. The van der Waals surface area contributed by atoms with Gasteiger partial charge >= 0.3 is 6.09 Å². The Morgan fingerprint density at radius 3 is 2.36 bits per heavy atom. The normalized spacial score (nSPS) is 12.3. The van der Waals surface area contributed by atoms with Crippen LogP contribution in [0.5, 0.6) is 0 Å². The highest BCUT2D eigenvalue weighted by atomic mass is 32.2. The van der Waals surface area contributed by atoms with E-state index in [0.29, 0.717) is 0 Å². The third-order valence-corrected chi connectivity index (χ3v) is 2.25. The van der Waals surface area contributed by atoms with Crippen LogP contribution in [0.4, 0.5) is 4.79 Å². The zero-order valence-corrected chi connectivity index (χ0v) is 10.6. The summed E-state index contributed by atoms with van der Waals surface area (Å²) in [5.41, 5.74) is 0. The summed E-state index contributed by atoms with van der Waals surface area (Å²) in [5.74, 6) is 0. The Morgan fingerprint density at radius 1 is 1.29 bits per heavy atom. The number of amides is 1. The lowest BCUT2D eigenvalue weighted by molar-refractivity contribution is 0.0827. The van der Waals surface area contributed by atoms with Gasteiger partial charge in [-0.1, -0.05) is 33.1 Å². The topological polar surface area (TPSA) is 29.5 Å². The first-order chi connectivity index (χ1) is 6.61. The van der Waals surface area contributed by atoms with E-state index >= 15 is 0 Å². The molecule has 3 nitrogen and oxygen atoms in total. The summed E-state index contributed by atoms with van der Waals surface area (Å²) in [4.78, 5) is 11.1. The van der Waals surface area contributed by atoms with E-state index in [4.69, 9.17) is 4.74 Å². The van der Waals surface area contributed by atoms with Crippen LogP contribution in [0, 0.1) is 0 Å². The molecule has 0 rings (SSSR count). The van der Waals surface area contributed by atoms with Crippen LogP contribution in [0.25, 0.3) is 0 Å². The molecule has 0 aromatic carbocycles. The molecule has 0 heterocycles. The summed E-state index contributed by atoms with van der Waals surface area (Å²) in [7, 11) is 0. The molecule has 0 saturated carbocycles.